The number of nitrogens with zero attached hydrogens (tertiary/aromatic N) is 2. The van der Waals surface area contributed by atoms with Gasteiger partial charge in [0.25, 0.3) is 10.0 Å². The van der Waals surface area contributed by atoms with Crippen LogP contribution in [0.3, 0.4) is 0 Å². The Hall–Kier alpha value is -4.35. The molecule has 0 aliphatic heterocycles. The average Bonchev–Trinajstić information content (AvgIpc) is 3.05. The average molecular weight is 681 g/mol. The maximum atomic E-state index is 14.4. The molecule has 0 heterocycles. The van der Waals surface area contributed by atoms with E-state index in [1.54, 1.807) is 30.3 Å². The summed E-state index contributed by atoms with van der Waals surface area (Å²) in [5, 5.41) is 2.68. The van der Waals surface area contributed by atoms with Gasteiger partial charge in [-0.05, 0) is 47.5 Å². The minimum absolute atomic E-state index is 0.00765. The van der Waals surface area contributed by atoms with Gasteiger partial charge in [-0.2, -0.15) is 0 Å². The van der Waals surface area contributed by atoms with Crippen LogP contribution in [0.4, 0.5) is 5.69 Å². The molecular weight excluding hydrogens is 646 g/mol. The number of nitrogens with one attached hydrogen (secondary N) is 1. The van der Waals surface area contributed by atoms with Gasteiger partial charge in [0.2, 0.25) is 11.8 Å². The highest BCUT2D eigenvalue weighted by molar-refractivity contribution is 9.10. The van der Waals surface area contributed by atoms with Gasteiger partial charge in [-0.25, -0.2) is 8.42 Å². The van der Waals surface area contributed by atoms with E-state index in [9.17, 15) is 18.0 Å². The number of likely N-dealkylation sites (N-methyl/N-ethyl adjacent to an activating group) is 1. The van der Waals surface area contributed by atoms with Gasteiger partial charge in [-0.1, -0.05) is 76.6 Å². The second-order valence-electron chi connectivity index (χ2n) is 9.84. The molecule has 1 unspecified atom stereocenters. The van der Waals surface area contributed by atoms with Crippen molar-refractivity contribution in [3.8, 4) is 11.5 Å². The van der Waals surface area contributed by atoms with Crippen molar-refractivity contribution in [1.82, 2.24) is 10.2 Å². The van der Waals surface area contributed by atoms with Gasteiger partial charge in [0.15, 0.2) is 11.5 Å². The van der Waals surface area contributed by atoms with E-state index in [1.807, 2.05) is 54.6 Å². The number of ether oxygens (including phenoxy) is 2. The molecule has 0 aliphatic carbocycles. The summed E-state index contributed by atoms with van der Waals surface area (Å²) in [5.74, 6) is -0.243. The lowest BCUT2D eigenvalue weighted by atomic mass is 10.0. The number of carbonyl (C=O) groups excluding carboxylic acids is 2. The van der Waals surface area contributed by atoms with Crippen molar-refractivity contribution in [1.29, 1.82) is 0 Å². The number of methoxy groups -OCH3 is 2. The van der Waals surface area contributed by atoms with Crippen LogP contribution in [0, 0.1) is 0 Å². The second kappa shape index (κ2) is 14.9. The molecule has 11 heteroatoms. The van der Waals surface area contributed by atoms with Crippen LogP contribution < -0.4 is 19.1 Å². The Kier molecular flexibility index (Phi) is 11.0. The monoisotopic (exact) mass is 679 g/mol. The molecule has 0 bridgehead atoms. The number of benzene rings is 4. The number of amides is 2. The first-order chi connectivity index (χ1) is 21.2. The number of hydrogen-bond donors (Lipinski definition) is 1. The topological polar surface area (TPSA) is 105 Å². The van der Waals surface area contributed by atoms with Crippen molar-refractivity contribution >= 4 is 43.5 Å². The first-order valence-corrected chi connectivity index (χ1v) is 16.0. The number of halogens is 1. The fraction of sp³-hybridized carbons (Fsp3) is 0.212. The number of sulfonamides is 1. The van der Waals surface area contributed by atoms with Crippen LogP contribution in [0.15, 0.2) is 112 Å². The van der Waals surface area contributed by atoms with Crippen molar-refractivity contribution in [3.05, 3.63) is 119 Å². The van der Waals surface area contributed by atoms with Crippen molar-refractivity contribution in [2.24, 2.45) is 0 Å². The molecule has 1 atom stereocenters. The van der Waals surface area contributed by atoms with Gasteiger partial charge in [-0.15, -0.1) is 0 Å². The van der Waals surface area contributed by atoms with Crippen LogP contribution in [0.25, 0.3) is 0 Å². The molecule has 44 heavy (non-hydrogen) atoms. The summed E-state index contributed by atoms with van der Waals surface area (Å²) in [6.07, 6.45) is 0.224. The van der Waals surface area contributed by atoms with Gasteiger partial charge in [0.05, 0.1) is 24.8 Å². The Bertz CT molecular complexity index is 1690. The van der Waals surface area contributed by atoms with E-state index in [0.717, 1.165) is 19.9 Å². The van der Waals surface area contributed by atoms with E-state index < -0.39 is 28.5 Å². The zero-order valence-corrected chi connectivity index (χ0v) is 27.0. The molecule has 0 radical (unpaired) electrons. The minimum Gasteiger partial charge on any atom is -0.493 e. The van der Waals surface area contributed by atoms with Gasteiger partial charge in [0, 0.05) is 30.6 Å². The Labute approximate surface area is 266 Å². The molecule has 2 amide bonds. The first kappa shape index (κ1) is 32.6. The van der Waals surface area contributed by atoms with E-state index in [2.05, 4.69) is 21.2 Å². The fourth-order valence-corrected chi connectivity index (χ4v) is 6.65. The summed E-state index contributed by atoms with van der Waals surface area (Å²) in [4.78, 5) is 29.2. The maximum absolute atomic E-state index is 14.4. The highest BCUT2D eigenvalue weighted by Crippen LogP contribution is 2.34. The molecule has 4 aromatic carbocycles. The van der Waals surface area contributed by atoms with Gasteiger partial charge in [-0.3, -0.25) is 13.9 Å². The molecule has 9 nitrogen and oxygen atoms in total. The highest BCUT2D eigenvalue weighted by Gasteiger charge is 2.34. The van der Waals surface area contributed by atoms with Gasteiger partial charge < -0.3 is 19.7 Å². The number of rotatable bonds is 13. The molecule has 0 saturated carbocycles. The van der Waals surface area contributed by atoms with E-state index in [1.165, 1.54) is 44.4 Å². The van der Waals surface area contributed by atoms with Crippen LogP contribution in [0.5, 0.6) is 11.5 Å². The predicted octanol–water partition coefficient (Wildman–Crippen LogP) is 5.05. The molecule has 0 aromatic heterocycles. The third kappa shape index (κ3) is 7.78. The Morgan fingerprint density at radius 3 is 2.07 bits per heavy atom. The number of carbonyl (C=O) groups is 2. The van der Waals surface area contributed by atoms with Gasteiger partial charge >= 0.3 is 0 Å². The Morgan fingerprint density at radius 1 is 0.818 bits per heavy atom. The summed E-state index contributed by atoms with van der Waals surface area (Å²) in [7, 11) is 0.198. The Balaban J connectivity index is 1.82. The third-order valence-corrected chi connectivity index (χ3v) is 9.31. The molecule has 1 N–H and O–H groups in total. The van der Waals surface area contributed by atoms with Crippen LogP contribution in [0.1, 0.15) is 11.1 Å². The molecule has 4 aromatic rings. The predicted molar refractivity (Wildman–Crippen MR) is 173 cm³/mol. The quantitative estimate of drug-likeness (QED) is 0.212. The molecule has 0 aliphatic rings. The molecule has 0 saturated heterocycles. The standard InChI is InChI=1S/C33H34BrN3O6S/c1-35-33(39)29(20-24-11-6-4-7-12-24)36(22-25-13-10-14-26(34)19-25)32(38)23-37(44(40,41)28-15-8-5-9-16-28)27-17-18-30(42-2)31(21-27)43-3/h4-19,21,29H,20,22-23H2,1-3H3,(H,35,39). The van der Waals surface area contributed by atoms with Crippen molar-refractivity contribution in [2.45, 2.75) is 23.9 Å². The number of hydrogen-bond acceptors (Lipinski definition) is 6. The SMILES string of the molecule is CNC(=O)C(Cc1ccccc1)N(Cc1cccc(Br)c1)C(=O)CN(c1ccc(OC)c(OC)c1)S(=O)(=O)c1ccccc1. The summed E-state index contributed by atoms with van der Waals surface area (Å²) >= 11 is 3.48. The summed E-state index contributed by atoms with van der Waals surface area (Å²) in [6.45, 7) is -0.517. The largest absolute Gasteiger partial charge is 0.493 e. The van der Waals surface area contributed by atoms with Crippen LogP contribution >= 0.6 is 15.9 Å². The van der Waals surface area contributed by atoms with Crippen LogP contribution in [-0.2, 0) is 32.6 Å². The van der Waals surface area contributed by atoms with Crippen LogP contribution in [0.2, 0.25) is 0 Å². The molecular formula is C33H34BrN3O6S. The first-order valence-electron chi connectivity index (χ1n) is 13.8. The molecule has 230 valence electrons. The van der Waals surface area contributed by atoms with Crippen molar-refractivity contribution < 1.29 is 27.5 Å². The smallest absolute Gasteiger partial charge is 0.264 e. The van der Waals surface area contributed by atoms with E-state index in [-0.39, 0.29) is 29.5 Å². The van der Waals surface area contributed by atoms with Gasteiger partial charge in [0.1, 0.15) is 12.6 Å². The van der Waals surface area contributed by atoms with E-state index >= 15 is 0 Å². The molecule has 0 spiro atoms. The lowest BCUT2D eigenvalue weighted by molar-refractivity contribution is -0.139. The highest BCUT2D eigenvalue weighted by atomic mass is 79.9. The van der Waals surface area contributed by atoms with E-state index in [4.69, 9.17) is 9.47 Å². The lowest BCUT2D eigenvalue weighted by Gasteiger charge is -2.33. The maximum Gasteiger partial charge on any atom is 0.264 e. The minimum atomic E-state index is -4.24. The zero-order valence-electron chi connectivity index (χ0n) is 24.6. The van der Waals surface area contributed by atoms with E-state index in [0.29, 0.717) is 11.5 Å². The van der Waals surface area contributed by atoms with Crippen LogP contribution in [-0.4, -0.2) is 59.0 Å². The Morgan fingerprint density at radius 2 is 1.45 bits per heavy atom. The molecule has 4 rings (SSSR count). The summed E-state index contributed by atoms with van der Waals surface area (Å²) in [5.41, 5.74) is 1.81. The molecule has 0 fully saturated rings. The zero-order chi connectivity index (χ0) is 31.7. The summed E-state index contributed by atoms with van der Waals surface area (Å²) < 4.78 is 40.8. The fourth-order valence-electron chi connectivity index (χ4n) is 4.78. The van der Waals surface area contributed by atoms with Crippen molar-refractivity contribution in [2.75, 3.05) is 32.1 Å². The number of anilines is 1. The third-order valence-electron chi connectivity index (χ3n) is 7.02. The summed E-state index contributed by atoms with van der Waals surface area (Å²) in [6, 6.07) is 28.3. The second-order valence-corrected chi connectivity index (χ2v) is 12.6. The normalized spacial score (nSPS) is 11.7. The lowest BCUT2D eigenvalue weighted by Crippen LogP contribution is -2.53. The van der Waals surface area contributed by atoms with Crippen molar-refractivity contribution in [3.63, 3.8) is 0 Å².